The molecule has 26 heavy (non-hydrogen) atoms. The number of hydrogen-bond donors (Lipinski definition) is 0. The molecule has 5 rings (SSSR count). The van der Waals surface area contributed by atoms with Crippen LogP contribution in [0, 0.1) is 6.92 Å². The van der Waals surface area contributed by atoms with Crippen LogP contribution in [-0.4, -0.2) is 0 Å². The number of fused-ring (bicyclic) bond motifs is 3. The van der Waals surface area contributed by atoms with Crippen LogP contribution in [0.5, 0.6) is 11.5 Å². The largest absolute Gasteiger partial charge is 0.456 e. The van der Waals surface area contributed by atoms with Crippen LogP contribution in [-0.2, 0) is 0 Å². The van der Waals surface area contributed by atoms with Crippen molar-refractivity contribution < 1.29 is 4.74 Å². The second-order valence-electron chi connectivity index (χ2n) is 6.66. The summed E-state index contributed by atoms with van der Waals surface area (Å²) in [4.78, 5) is 0. The molecule has 0 unspecified atom stereocenters. The summed E-state index contributed by atoms with van der Waals surface area (Å²) in [6.45, 7) is 2.18. The lowest BCUT2D eigenvalue weighted by molar-refractivity contribution is 0.494. The smallest absolute Gasteiger partial charge is 0.143 e. The predicted octanol–water partition coefficient (Wildman–Crippen LogP) is 7.25. The Kier molecular flexibility index (Phi) is 3.39. The van der Waals surface area contributed by atoms with Crippen molar-refractivity contribution >= 4 is 32.3 Å². The first-order chi connectivity index (χ1) is 12.8. The van der Waals surface area contributed by atoms with Gasteiger partial charge in [-0.05, 0) is 46.2 Å². The average molecular weight is 334 g/mol. The molecule has 0 aromatic heterocycles. The SMILES string of the molecule is Cc1c2ccccc2c(Oc2ccc3ccccc3c2)c2ccccc12. The zero-order valence-corrected chi connectivity index (χ0v) is 14.6. The second kappa shape index (κ2) is 5.89. The predicted molar refractivity (Wildman–Crippen MR) is 110 cm³/mol. The van der Waals surface area contributed by atoms with Crippen LogP contribution < -0.4 is 4.74 Å². The summed E-state index contributed by atoms with van der Waals surface area (Å²) in [7, 11) is 0. The molecule has 1 nitrogen and oxygen atoms in total. The zero-order valence-electron chi connectivity index (χ0n) is 14.6. The molecule has 0 spiro atoms. The van der Waals surface area contributed by atoms with E-state index in [-0.39, 0.29) is 0 Å². The summed E-state index contributed by atoms with van der Waals surface area (Å²) >= 11 is 0. The van der Waals surface area contributed by atoms with Crippen LogP contribution in [0.1, 0.15) is 5.56 Å². The monoisotopic (exact) mass is 334 g/mol. The fraction of sp³-hybridized carbons (Fsp3) is 0.0400. The van der Waals surface area contributed by atoms with Crippen molar-refractivity contribution in [3.05, 3.63) is 96.6 Å². The second-order valence-corrected chi connectivity index (χ2v) is 6.66. The van der Waals surface area contributed by atoms with E-state index in [1.807, 2.05) is 6.07 Å². The van der Waals surface area contributed by atoms with E-state index in [1.165, 1.54) is 27.1 Å². The summed E-state index contributed by atoms with van der Waals surface area (Å²) in [6.07, 6.45) is 0. The Morgan fingerprint density at radius 1 is 0.538 bits per heavy atom. The minimum Gasteiger partial charge on any atom is -0.456 e. The van der Waals surface area contributed by atoms with Gasteiger partial charge in [-0.2, -0.15) is 0 Å². The van der Waals surface area contributed by atoms with Gasteiger partial charge in [-0.1, -0.05) is 78.9 Å². The number of benzene rings is 5. The molecule has 0 aliphatic rings. The van der Waals surface area contributed by atoms with Gasteiger partial charge in [0.2, 0.25) is 0 Å². The lowest BCUT2D eigenvalue weighted by atomic mass is 9.96. The molecular weight excluding hydrogens is 316 g/mol. The molecule has 0 saturated carbocycles. The van der Waals surface area contributed by atoms with E-state index >= 15 is 0 Å². The van der Waals surface area contributed by atoms with Gasteiger partial charge < -0.3 is 4.74 Å². The first-order valence-corrected chi connectivity index (χ1v) is 8.88. The quantitative estimate of drug-likeness (QED) is 0.309. The maximum absolute atomic E-state index is 6.47. The molecule has 0 radical (unpaired) electrons. The van der Waals surface area contributed by atoms with Crippen molar-refractivity contribution in [3.8, 4) is 11.5 Å². The third kappa shape index (κ3) is 2.33. The van der Waals surface area contributed by atoms with Gasteiger partial charge >= 0.3 is 0 Å². The van der Waals surface area contributed by atoms with Gasteiger partial charge in [0.15, 0.2) is 0 Å². The van der Waals surface area contributed by atoms with Crippen molar-refractivity contribution in [2.45, 2.75) is 6.92 Å². The topological polar surface area (TPSA) is 9.23 Å². The van der Waals surface area contributed by atoms with Gasteiger partial charge in [-0.15, -0.1) is 0 Å². The summed E-state index contributed by atoms with van der Waals surface area (Å²) in [6, 6.07) is 31.6. The Hall–Kier alpha value is -3.32. The lowest BCUT2D eigenvalue weighted by Crippen LogP contribution is -1.91. The normalized spacial score (nSPS) is 11.3. The first-order valence-electron chi connectivity index (χ1n) is 8.88. The van der Waals surface area contributed by atoms with E-state index in [4.69, 9.17) is 4.74 Å². The highest BCUT2D eigenvalue weighted by molar-refractivity contribution is 6.08. The summed E-state index contributed by atoms with van der Waals surface area (Å²) in [5.74, 6) is 1.79. The van der Waals surface area contributed by atoms with Crippen LogP contribution in [0.2, 0.25) is 0 Å². The number of aryl methyl sites for hydroxylation is 1. The van der Waals surface area contributed by atoms with Crippen LogP contribution >= 0.6 is 0 Å². The molecule has 0 atom stereocenters. The summed E-state index contributed by atoms with van der Waals surface area (Å²) < 4.78 is 6.47. The third-order valence-electron chi connectivity index (χ3n) is 5.09. The van der Waals surface area contributed by atoms with E-state index in [2.05, 4.69) is 91.9 Å². The van der Waals surface area contributed by atoms with Crippen molar-refractivity contribution in [3.63, 3.8) is 0 Å². The average Bonchev–Trinajstić information content (AvgIpc) is 2.71. The maximum atomic E-state index is 6.47. The van der Waals surface area contributed by atoms with Gasteiger partial charge in [0.1, 0.15) is 11.5 Å². The fourth-order valence-electron chi connectivity index (χ4n) is 3.77. The molecule has 0 fully saturated rings. The zero-order chi connectivity index (χ0) is 17.5. The van der Waals surface area contributed by atoms with Crippen LogP contribution in [0.15, 0.2) is 91.0 Å². The Labute approximate surface area is 152 Å². The molecular formula is C25H18O. The van der Waals surface area contributed by atoms with E-state index < -0.39 is 0 Å². The molecule has 0 saturated heterocycles. The summed E-state index contributed by atoms with van der Waals surface area (Å²) in [5, 5.41) is 7.18. The first kappa shape index (κ1) is 15.0. The highest BCUT2D eigenvalue weighted by atomic mass is 16.5. The van der Waals surface area contributed by atoms with Gasteiger partial charge in [0, 0.05) is 10.8 Å². The Morgan fingerprint density at radius 2 is 1.08 bits per heavy atom. The molecule has 0 N–H and O–H groups in total. The highest BCUT2D eigenvalue weighted by Crippen LogP contribution is 2.40. The Balaban J connectivity index is 1.77. The van der Waals surface area contributed by atoms with E-state index in [1.54, 1.807) is 0 Å². The molecule has 5 aromatic carbocycles. The minimum absolute atomic E-state index is 0.864. The molecule has 124 valence electrons. The molecule has 0 heterocycles. The van der Waals surface area contributed by atoms with Gasteiger partial charge in [-0.25, -0.2) is 0 Å². The Bertz CT molecular complexity index is 1210. The number of ether oxygens (including phenoxy) is 1. The lowest BCUT2D eigenvalue weighted by Gasteiger charge is -2.15. The third-order valence-corrected chi connectivity index (χ3v) is 5.09. The van der Waals surface area contributed by atoms with Gasteiger partial charge in [0.05, 0.1) is 0 Å². The molecule has 0 bridgehead atoms. The molecule has 0 aliphatic heterocycles. The molecule has 1 heteroatoms. The number of hydrogen-bond acceptors (Lipinski definition) is 1. The minimum atomic E-state index is 0.864. The molecule has 0 aliphatic carbocycles. The van der Waals surface area contributed by atoms with Gasteiger partial charge in [-0.3, -0.25) is 0 Å². The van der Waals surface area contributed by atoms with Crippen molar-refractivity contribution in [1.82, 2.24) is 0 Å². The van der Waals surface area contributed by atoms with E-state index in [9.17, 15) is 0 Å². The van der Waals surface area contributed by atoms with Crippen LogP contribution in [0.4, 0.5) is 0 Å². The maximum Gasteiger partial charge on any atom is 0.143 e. The van der Waals surface area contributed by atoms with E-state index in [0.717, 1.165) is 22.3 Å². The van der Waals surface area contributed by atoms with Crippen LogP contribution in [0.25, 0.3) is 32.3 Å². The fourth-order valence-corrected chi connectivity index (χ4v) is 3.77. The van der Waals surface area contributed by atoms with Crippen molar-refractivity contribution in [1.29, 1.82) is 0 Å². The van der Waals surface area contributed by atoms with Gasteiger partial charge in [0.25, 0.3) is 0 Å². The highest BCUT2D eigenvalue weighted by Gasteiger charge is 2.13. The summed E-state index contributed by atoms with van der Waals surface area (Å²) in [5.41, 5.74) is 1.29. The molecule has 0 amide bonds. The number of rotatable bonds is 2. The Morgan fingerprint density at radius 3 is 1.73 bits per heavy atom. The standard InChI is InChI=1S/C25H18O/c1-17-21-10-4-6-12-23(21)25(24-13-7-5-11-22(17)24)26-20-15-14-18-8-2-3-9-19(18)16-20/h2-16H,1H3. The van der Waals surface area contributed by atoms with Crippen LogP contribution in [0.3, 0.4) is 0 Å². The molecule has 5 aromatic rings. The van der Waals surface area contributed by atoms with Crippen molar-refractivity contribution in [2.75, 3.05) is 0 Å². The van der Waals surface area contributed by atoms with E-state index in [0.29, 0.717) is 0 Å². The van der Waals surface area contributed by atoms with Crippen molar-refractivity contribution in [2.24, 2.45) is 0 Å².